The van der Waals surface area contributed by atoms with E-state index in [1.165, 1.54) is 0 Å². The van der Waals surface area contributed by atoms with Crippen molar-refractivity contribution in [1.82, 2.24) is 9.55 Å². The third-order valence-electron chi connectivity index (χ3n) is 5.40. The first kappa shape index (κ1) is 19.9. The van der Waals surface area contributed by atoms with Gasteiger partial charge in [-0.3, -0.25) is 4.79 Å². The number of aromatic nitrogens is 2. The molecule has 0 radical (unpaired) electrons. The van der Waals surface area contributed by atoms with E-state index in [1.807, 2.05) is 0 Å². The van der Waals surface area contributed by atoms with Crippen LogP contribution < -0.4 is 20.3 Å². The smallest absolute Gasteiger partial charge is 0.416 e. The quantitative estimate of drug-likeness (QED) is 0.790. The van der Waals surface area contributed by atoms with Crippen molar-refractivity contribution in [3.8, 4) is 17.1 Å². The molecular formula is C19H21F2N5O4. The second-order valence-electron chi connectivity index (χ2n) is 7.18. The van der Waals surface area contributed by atoms with E-state index in [9.17, 15) is 18.4 Å². The van der Waals surface area contributed by atoms with E-state index in [-0.39, 0.29) is 12.4 Å². The van der Waals surface area contributed by atoms with Gasteiger partial charge in [0, 0.05) is 25.0 Å². The summed E-state index contributed by atoms with van der Waals surface area (Å²) in [6.45, 7) is 2.05. The molecule has 2 N–H and O–H groups in total. The van der Waals surface area contributed by atoms with Crippen LogP contribution in [0.3, 0.4) is 0 Å². The molecule has 0 spiro atoms. The minimum absolute atomic E-state index is 0.106. The Kier molecular flexibility index (Phi) is 4.96. The number of nitrogens with two attached hydrogens (primary N) is 1. The molecule has 2 aromatic rings. The van der Waals surface area contributed by atoms with E-state index in [1.54, 1.807) is 47.8 Å². The number of cyclic esters (lactones) is 1. The Morgan fingerprint density at radius 1 is 1.37 bits per heavy atom. The lowest BCUT2D eigenvalue weighted by Gasteiger charge is -2.25. The third kappa shape index (κ3) is 3.29. The number of carbonyl (C=O) groups excluding carboxylic acids is 2. The van der Waals surface area contributed by atoms with Gasteiger partial charge in [-0.05, 0) is 19.1 Å². The summed E-state index contributed by atoms with van der Waals surface area (Å²) in [6, 6.07) is 3.44. The molecule has 4 rings (SSSR count). The van der Waals surface area contributed by atoms with Crippen LogP contribution in [-0.4, -0.2) is 60.3 Å². The molecule has 3 heterocycles. The predicted molar refractivity (Wildman–Crippen MR) is 104 cm³/mol. The number of rotatable bonds is 5. The number of imidazole rings is 1. The van der Waals surface area contributed by atoms with Gasteiger partial charge in [-0.15, -0.1) is 0 Å². The monoisotopic (exact) mass is 421 g/mol. The Balaban J connectivity index is 1.71. The number of carbonyl (C=O) groups is 2. The summed E-state index contributed by atoms with van der Waals surface area (Å²) >= 11 is 0. The van der Waals surface area contributed by atoms with Crippen LogP contribution in [0.5, 0.6) is 5.75 Å². The van der Waals surface area contributed by atoms with Crippen molar-refractivity contribution in [3.63, 3.8) is 0 Å². The van der Waals surface area contributed by atoms with E-state index >= 15 is 0 Å². The Morgan fingerprint density at radius 3 is 2.83 bits per heavy atom. The first-order valence-electron chi connectivity index (χ1n) is 9.38. The zero-order valence-electron chi connectivity index (χ0n) is 16.4. The summed E-state index contributed by atoms with van der Waals surface area (Å²) < 4.78 is 39.0. The Hall–Kier alpha value is -3.37. The normalized spacial score (nSPS) is 18.9. The van der Waals surface area contributed by atoms with Crippen molar-refractivity contribution in [1.29, 1.82) is 0 Å². The van der Waals surface area contributed by atoms with Gasteiger partial charge in [0.1, 0.15) is 36.9 Å². The molecule has 0 aliphatic carbocycles. The highest BCUT2D eigenvalue weighted by Crippen LogP contribution is 2.37. The largest absolute Gasteiger partial charge is 0.491 e. The van der Waals surface area contributed by atoms with Crippen LogP contribution in [0.15, 0.2) is 24.4 Å². The molecule has 2 aliphatic heterocycles. The van der Waals surface area contributed by atoms with Crippen molar-refractivity contribution in [3.05, 3.63) is 24.4 Å². The Bertz CT molecular complexity index is 995. The number of benzene rings is 1. The molecule has 1 fully saturated rings. The molecule has 2 atom stereocenters. The van der Waals surface area contributed by atoms with Crippen LogP contribution in [0.4, 0.5) is 25.1 Å². The van der Waals surface area contributed by atoms with Gasteiger partial charge < -0.3 is 24.7 Å². The van der Waals surface area contributed by atoms with E-state index in [0.29, 0.717) is 30.3 Å². The number of halogens is 2. The predicted octanol–water partition coefficient (Wildman–Crippen LogP) is 1.84. The fourth-order valence-electron chi connectivity index (χ4n) is 3.49. The first-order chi connectivity index (χ1) is 14.3. The average molecular weight is 421 g/mol. The number of likely N-dealkylation sites (N-methyl/N-ethyl adjacent to an activating group) is 1. The minimum Gasteiger partial charge on any atom is -0.491 e. The summed E-state index contributed by atoms with van der Waals surface area (Å²) in [5.41, 5.74) is 6.75. The molecule has 1 aromatic carbocycles. The van der Waals surface area contributed by atoms with Crippen LogP contribution in [-0.2, 0) is 16.1 Å². The highest BCUT2D eigenvalue weighted by molar-refractivity contribution is 5.90. The summed E-state index contributed by atoms with van der Waals surface area (Å²) in [6.07, 6.45) is -2.05. The fraction of sp³-hybridized carbons (Fsp3) is 0.421. The molecule has 2 aliphatic rings. The molecule has 1 aromatic heterocycles. The molecule has 0 saturated carbocycles. The van der Waals surface area contributed by atoms with Gasteiger partial charge in [0.05, 0.1) is 12.1 Å². The number of primary amides is 1. The van der Waals surface area contributed by atoms with Crippen LogP contribution >= 0.6 is 0 Å². The lowest BCUT2D eigenvalue weighted by Crippen LogP contribution is -2.40. The van der Waals surface area contributed by atoms with Crippen LogP contribution in [0.1, 0.15) is 6.92 Å². The third-order valence-corrected chi connectivity index (χ3v) is 5.40. The standard InChI is InChI=1S/C19H21F2N5O4/c1-10(17(22)27)24(2)11-3-4-12-14(7-11)29-6-5-25-8-15(23-18(12)25)26-13(16(20)21)9-30-19(26)28/h3-4,7-8,10,13,16H,5-6,9H2,1-2H3,(H2,22,27)/t10-,13?/m0/s1. The summed E-state index contributed by atoms with van der Waals surface area (Å²) in [5.74, 6) is 0.664. The maximum atomic E-state index is 13.3. The number of hydrogen-bond acceptors (Lipinski definition) is 6. The molecular weight excluding hydrogens is 400 g/mol. The van der Waals surface area contributed by atoms with Crippen LogP contribution in [0.2, 0.25) is 0 Å². The number of fused-ring (bicyclic) bond motifs is 3. The zero-order valence-corrected chi connectivity index (χ0v) is 16.4. The molecule has 1 saturated heterocycles. The van der Waals surface area contributed by atoms with Crippen LogP contribution in [0, 0.1) is 0 Å². The average Bonchev–Trinajstić information content (AvgIpc) is 3.25. The maximum Gasteiger partial charge on any atom is 0.416 e. The van der Waals surface area contributed by atoms with E-state index < -0.39 is 30.5 Å². The van der Waals surface area contributed by atoms with E-state index in [0.717, 1.165) is 10.6 Å². The van der Waals surface area contributed by atoms with Gasteiger partial charge in [0.15, 0.2) is 5.82 Å². The summed E-state index contributed by atoms with van der Waals surface area (Å²) in [5, 5.41) is 0. The maximum absolute atomic E-state index is 13.3. The van der Waals surface area contributed by atoms with Crippen molar-refractivity contribution in [2.45, 2.75) is 32.0 Å². The lowest BCUT2D eigenvalue weighted by atomic mass is 10.1. The molecule has 9 nitrogen and oxygen atoms in total. The molecule has 2 amide bonds. The second-order valence-corrected chi connectivity index (χ2v) is 7.18. The number of ether oxygens (including phenoxy) is 2. The molecule has 30 heavy (non-hydrogen) atoms. The fourth-order valence-corrected chi connectivity index (χ4v) is 3.49. The van der Waals surface area contributed by atoms with Gasteiger partial charge in [0.25, 0.3) is 6.43 Å². The number of alkyl halides is 2. The molecule has 0 bridgehead atoms. The lowest BCUT2D eigenvalue weighted by molar-refractivity contribution is -0.118. The number of hydrogen-bond donors (Lipinski definition) is 1. The van der Waals surface area contributed by atoms with Crippen molar-refractivity contribution in [2.75, 3.05) is 30.1 Å². The van der Waals surface area contributed by atoms with Crippen molar-refractivity contribution < 1.29 is 27.8 Å². The van der Waals surface area contributed by atoms with E-state index in [2.05, 4.69) is 4.98 Å². The summed E-state index contributed by atoms with van der Waals surface area (Å²) in [4.78, 5) is 30.6. The minimum atomic E-state index is -2.75. The van der Waals surface area contributed by atoms with Crippen LogP contribution in [0.25, 0.3) is 11.4 Å². The van der Waals surface area contributed by atoms with Gasteiger partial charge in [-0.25, -0.2) is 23.5 Å². The van der Waals surface area contributed by atoms with Crippen molar-refractivity contribution in [2.24, 2.45) is 5.73 Å². The Labute approximate surface area is 171 Å². The number of nitrogens with zero attached hydrogens (tertiary/aromatic N) is 4. The Morgan fingerprint density at radius 2 is 2.13 bits per heavy atom. The number of amides is 2. The highest BCUT2D eigenvalue weighted by Gasteiger charge is 2.42. The van der Waals surface area contributed by atoms with Gasteiger partial charge >= 0.3 is 6.09 Å². The van der Waals surface area contributed by atoms with Gasteiger partial charge in [-0.2, -0.15) is 0 Å². The van der Waals surface area contributed by atoms with Crippen molar-refractivity contribution >= 4 is 23.5 Å². The molecule has 160 valence electrons. The number of anilines is 2. The molecule has 1 unspecified atom stereocenters. The first-order valence-corrected chi connectivity index (χ1v) is 9.38. The molecule has 11 heteroatoms. The second kappa shape index (κ2) is 7.47. The SMILES string of the molecule is C[C@@H](C(N)=O)N(C)c1ccc2c(c1)OCCn1cc(N3C(=O)OCC3C(F)F)nc1-2. The topological polar surface area (TPSA) is 103 Å². The van der Waals surface area contributed by atoms with E-state index in [4.69, 9.17) is 15.2 Å². The zero-order chi connectivity index (χ0) is 21.6. The highest BCUT2D eigenvalue weighted by atomic mass is 19.3. The van der Waals surface area contributed by atoms with Gasteiger partial charge in [-0.1, -0.05) is 0 Å². The summed E-state index contributed by atoms with van der Waals surface area (Å²) in [7, 11) is 1.75. The van der Waals surface area contributed by atoms with Gasteiger partial charge in [0.2, 0.25) is 5.91 Å².